The van der Waals surface area contributed by atoms with E-state index in [1.54, 1.807) is 12.4 Å². The Morgan fingerprint density at radius 1 is 1.32 bits per heavy atom. The lowest BCUT2D eigenvalue weighted by Gasteiger charge is -2.49. The number of amides is 1. The number of carbonyl (C=O) groups is 1. The van der Waals surface area contributed by atoms with Crippen LogP contribution >= 0.6 is 11.6 Å². The van der Waals surface area contributed by atoms with Gasteiger partial charge in [0.2, 0.25) is 5.91 Å². The van der Waals surface area contributed by atoms with Gasteiger partial charge in [-0.1, -0.05) is 23.7 Å². The molecular weight excluding hydrogens is 376 g/mol. The van der Waals surface area contributed by atoms with Crippen LogP contribution in [0.3, 0.4) is 0 Å². The van der Waals surface area contributed by atoms with Crippen LogP contribution in [0.1, 0.15) is 24.1 Å². The van der Waals surface area contributed by atoms with Crippen LogP contribution in [0.5, 0.6) is 0 Å². The Balaban J connectivity index is 1.48. The van der Waals surface area contributed by atoms with E-state index in [9.17, 15) is 4.79 Å². The Morgan fingerprint density at radius 3 is 2.79 bits per heavy atom. The average Bonchev–Trinajstić information content (AvgIpc) is 3.17. The molecule has 4 rings (SSSR count). The molecule has 2 aromatic rings. The summed E-state index contributed by atoms with van der Waals surface area (Å²) in [4.78, 5) is 24.0. The van der Waals surface area contributed by atoms with E-state index in [4.69, 9.17) is 16.3 Å². The summed E-state index contributed by atoms with van der Waals surface area (Å²) in [6, 6.07) is 7.73. The van der Waals surface area contributed by atoms with E-state index in [0.717, 1.165) is 36.5 Å². The summed E-state index contributed by atoms with van der Waals surface area (Å²) in [5.74, 6) is 0.897. The third-order valence-corrected chi connectivity index (χ3v) is 5.76. The van der Waals surface area contributed by atoms with E-state index in [-0.39, 0.29) is 12.0 Å². The number of anilines is 1. The van der Waals surface area contributed by atoms with E-state index in [1.807, 2.05) is 31.2 Å². The summed E-state index contributed by atoms with van der Waals surface area (Å²) in [5.41, 5.74) is 1.49. The summed E-state index contributed by atoms with van der Waals surface area (Å²) >= 11 is 6.02. The Morgan fingerprint density at radius 2 is 2.11 bits per heavy atom. The molecule has 1 N–H and O–H groups in total. The first-order valence-electron chi connectivity index (χ1n) is 9.72. The fourth-order valence-corrected chi connectivity index (χ4v) is 4.10. The molecule has 2 saturated heterocycles. The topological polar surface area (TPSA) is 67.4 Å². The van der Waals surface area contributed by atoms with Gasteiger partial charge in [0.05, 0.1) is 23.4 Å². The van der Waals surface area contributed by atoms with Crippen LogP contribution in [0.25, 0.3) is 0 Å². The number of ether oxygens (including phenoxy) is 1. The van der Waals surface area contributed by atoms with Crippen molar-refractivity contribution in [1.82, 2.24) is 15.3 Å². The van der Waals surface area contributed by atoms with Crippen molar-refractivity contribution < 1.29 is 9.53 Å². The number of halogens is 1. The van der Waals surface area contributed by atoms with Gasteiger partial charge in [-0.05, 0) is 43.9 Å². The van der Waals surface area contributed by atoms with Gasteiger partial charge in [-0.2, -0.15) is 0 Å². The Bertz CT molecular complexity index is 831. The molecule has 2 fully saturated rings. The molecule has 1 aromatic carbocycles. The highest BCUT2D eigenvalue weighted by Gasteiger charge is 2.49. The van der Waals surface area contributed by atoms with Gasteiger partial charge in [0, 0.05) is 37.5 Å². The normalized spacial score (nSPS) is 20.6. The molecule has 1 atom stereocenters. The van der Waals surface area contributed by atoms with Crippen LogP contribution in [0.15, 0.2) is 36.7 Å². The van der Waals surface area contributed by atoms with Gasteiger partial charge >= 0.3 is 0 Å². The summed E-state index contributed by atoms with van der Waals surface area (Å²) < 4.78 is 5.64. The third kappa shape index (κ3) is 4.13. The molecule has 1 aromatic heterocycles. The minimum atomic E-state index is -0.488. The zero-order valence-electron chi connectivity index (χ0n) is 16.0. The molecule has 6 nitrogen and oxygen atoms in total. The van der Waals surface area contributed by atoms with Crippen molar-refractivity contribution >= 4 is 23.3 Å². The molecular formula is C21H25ClN4O2. The maximum absolute atomic E-state index is 13.2. The molecule has 1 amide bonds. The van der Waals surface area contributed by atoms with E-state index in [0.29, 0.717) is 31.1 Å². The standard InChI is InChI=1S/C21H25ClN4O2/c1-15-10-23-12-19(25-15)26-13-21(14-26,9-16-4-6-17(22)7-5-16)20(27)24-11-18-3-2-8-28-18/h4-7,10,12,18H,2-3,8-9,11,13-14H2,1H3,(H,24,27). The highest BCUT2D eigenvalue weighted by Crippen LogP contribution is 2.37. The van der Waals surface area contributed by atoms with Crippen LogP contribution in [-0.4, -0.2) is 48.2 Å². The zero-order chi connectivity index (χ0) is 19.6. The van der Waals surface area contributed by atoms with E-state index in [1.165, 1.54) is 0 Å². The second-order valence-electron chi connectivity index (χ2n) is 7.80. The summed E-state index contributed by atoms with van der Waals surface area (Å²) in [7, 11) is 0. The number of carbonyl (C=O) groups excluding carboxylic acids is 1. The second kappa shape index (κ2) is 8.05. The van der Waals surface area contributed by atoms with Crippen molar-refractivity contribution in [3.8, 4) is 0 Å². The number of rotatable bonds is 6. The first-order chi connectivity index (χ1) is 13.5. The predicted molar refractivity (Wildman–Crippen MR) is 109 cm³/mol. The fourth-order valence-electron chi connectivity index (χ4n) is 3.98. The predicted octanol–water partition coefficient (Wildman–Crippen LogP) is 2.78. The van der Waals surface area contributed by atoms with Gasteiger partial charge in [-0.3, -0.25) is 9.78 Å². The van der Waals surface area contributed by atoms with Crippen molar-refractivity contribution in [3.05, 3.63) is 52.9 Å². The van der Waals surface area contributed by atoms with E-state index >= 15 is 0 Å². The Kier molecular flexibility index (Phi) is 5.51. The largest absolute Gasteiger partial charge is 0.376 e. The molecule has 0 spiro atoms. The third-order valence-electron chi connectivity index (χ3n) is 5.51. The van der Waals surface area contributed by atoms with E-state index in [2.05, 4.69) is 20.2 Å². The first kappa shape index (κ1) is 19.2. The Hall–Kier alpha value is -2.18. The summed E-state index contributed by atoms with van der Waals surface area (Å²) in [6.07, 6.45) is 6.36. The van der Waals surface area contributed by atoms with Gasteiger partial charge in [0.15, 0.2) is 0 Å². The van der Waals surface area contributed by atoms with Gasteiger partial charge in [0.25, 0.3) is 0 Å². The van der Waals surface area contributed by atoms with Crippen molar-refractivity contribution in [1.29, 1.82) is 0 Å². The highest BCUT2D eigenvalue weighted by atomic mass is 35.5. The quantitative estimate of drug-likeness (QED) is 0.807. The minimum Gasteiger partial charge on any atom is -0.376 e. The number of hydrogen-bond donors (Lipinski definition) is 1. The van der Waals surface area contributed by atoms with Gasteiger partial charge in [0.1, 0.15) is 5.82 Å². The molecule has 2 aliphatic rings. The van der Waals surface area contributed by atoms with Crippen LogP contribution in [0.4, 0.5) is 5.82 Å². The highest BCUT2D eigenvalue weighted by molar-refractivity contribution is 6.30. The van der Waals surface area contributed by atoms with Gasteiger partial charge < -0.3 is 15.0 Å². The molecule has 2 aliphatic heterocycles. The van der Waals surface area contributed by atoms with Crippen molar-refractivity contribution in [2.75, 3.05) is 31.1 Å². The maximum Gasteiger partial charge on any atom is 0.230 e. The molecule has 148 valence electrons. The molecule has 0 bridgehead atoms. The molecule has 28 heavy (non-hydrogen) atoms. The van der Waals surface area contributed by atoms with Gasteiger partial charge in [-0.15, -0.1) is 0 Å². The van der Waals surface area contributed by atoms with Crippen LogP contribution in [0, 0.1) is 12.3 Å². The Labute approximate surface area is 170 Å². The fraction of sp³-hybridized carbons (Fsp3) is 0.476. The number of aromatic nitrogens is 2. The SMILES string of the molecule is Cc1cncc(N2CC(Cc3ccc(Cl)cc3)(C(=O)NCC3CCCO3)C2)n1. The smallest absolute Gasteiger partial charge is 0.230 e. The minimum absolute atomic E-state index is 0.0785. The lowest BCUT2D eigenvalue weighted by atomic mass is 9.73. The summed E-state index contributed by atoms with van der Waals surface area (Å²) in [6.45, 7) is 4.52. The monoisotopic (exact) mass is 400 g/mol. The first-order valence-corrected chi connectivity index (χ1v) is 10.1. The number of nitrogens with zero attached hydrogens (tertiary/aromatic N) is 3. The molecule has 3 heterocycles. The average molecular weight is 401 g/mol. The second-order valence-corrected chi connectivity index (χ2v) is 8.24. The van der Waals surface area contributed by atoms with Crippen molar-refractivity contribution in [3.63, 3.8) is 0 Å². The number of nitrogens with one attached hydrogen (secondary N) is 1. The molecule has 0 saturated carbocycles. The molecule has 0 aliphatic carbocycles. The van der Waals surface area contributed by atoms with Crippen LogP contribution in [0.2, 0.25) is 5.02 Å². The van der Waals surface area contributed by atoms with Crippen molar-refractivity contribution in [2.24, 2.45) is 5.41 Å². The number of aryl methyl sites for hydroxylation is 1. The van der Waals surface area contributed by atoms with Gasteiger partial charge in [-0.25, -0.2) is 4.98 Å². The molecule has 1 unspecified atom stereocenters. The number of hydrogen-bond acceptors (Lipinski definition) is 5. The molecule has 0 radical (unpaired) electrons. The van der Waals surface area contributed by atoms with E-state index < -0.39 is 5.41 Å². The zero-order valence-corrected chi connectivity index (χ0v) is 16.8. The van der Waals surface area contributed by atoms with Crippen molar-refractivity contribution in [2.45, 2.75) is 32.3 Å². The molecule has 7 heteroatoms. The summed E-state index contributed by atoms with van der Waals surface area (Å²) in [5, 5.41) is 3.83. The number of benzene rings is 1. The lowest BCUT2D eigenvalue weighted by molar-refractivity contribution is -0.133. The van der Waals surface area contributed by atoms with Crippen LogP contribution in [-0.2, 0) is 16.0 Å². The maximum atomic E-state index is 13.2. The van der Waals surface area contributed by atoms with Crippen LogP contribution < -0.4 is 10.2 Å². The lowest BCUT2D eigenvalue weighted by Crippen LogP contribution is -2.65.